The number of amides is 1. The minimum absolute atomic E-state index is 0.0112. The molecule has 1 aromatic carbocycles. The summed E-state index contributed by atoms with van der Waals surface area (Å²) in [4.78, 5) is 14.2. The molecule has 2 rings (SSSR count). The van der Waals surface area contributed by atoms with Crippen molar-refractivity contribution < 1.29 is 14.7 Å². The van der Waals surface area contributed by atoms with Gasteiger partial charge in [-0.05, 0) is 26.0 Å². The lowest BCUT2D eigenvalue weighted by molar-refractivity contribution is 0.00675. The van der Waals surface area contributed by atoms with E-state index in [1.807, 2.05) is 32.0 Å². The van der Waals surface area contributed by atoms with Crippen LogP contribution in [0.5, 0.6) is 0 Å². The SMILES string of the molecule is Cc1cc(C)cc(C(=O)N2CCOC(C(N)=NO)C2)c1. The Hall–Kier alpha value is -2.08. The lowest BCUT2D eigenvalue weighted by Crippen LogP contribution is -2.50. The average molecular weight is 277 g/mol. The van der Waals surface area contributed by atoms with E-state index < -0.39 is 6.10 Å². The van der Waals surface area contributed by atoms with Gasteiger partial charge in [0.25, 0.3) is 5.91 Å². The van der Waals surface area contributed by atoms with E-state index in [-0.39, 0.29) is 11.7 Å². The minimum Gasteiger partial charge on any atom is -0.409 e. The predicted molar refractivity (Wildman–Crippen MR) is 75.0 cm³/mol. The minimum atomic E-state index is -0.552. The van der Waals surface area contributed by atoms with E-state index in [1.54, 1.807) is 4.90 Å². The van der Waals surface area contributed by atoms with Crippen LogP contribution in [-0.4, -0.2) is 47.7 Å². The van der Waals surface area contributed by atoms with Gasteiger partial charge in [-0.1, -0.05) is 22.3 Å². The van der Waals surface area contributed by atoms with Crippen molar-refractivity contribution in [3.63, 3.8) is 0 Å². The third kappa shape index (κ3) is 3.08. The first kappa shape index (κ1) is 14.3. The summed E-state index contributed by atoms with van der Waals surface area (Å²) in [6.07, 6.45) is -0.552. The molecule has 1 amide bonds. The molecule has 1 fully saturated rings. The van der Waals surface area contributed by atoms with E-state index in [0.717, 1.165) is 11.1 Å². The molecule has 6 heteroatoms. The van der Waals surface area contributed by atoms with Crippen molar-refractivity contribution in [3.05, 3.63) is 34.9 Å². The van der Waals surface area contributed by atoms with Crippen LogP contribution in [0.2, 0.25) is 0 Å². The lowest BCUT2D eigenvalue weighted by atomic mass is 10.1. The van der Waals surface area contributed by atoms with Crippen molar-refractivity contribution in [3.8, 4) is 0 Å². The van der Waals surface area contributed by atoms with Crippen LogP contribution in [-0.2, 0) is 4.74 Å². The molecule has 1 unspecified atom stereocenters. The summed E-state index contributed by atoms with van der Waals surface area (Å²) in [5, 5.41) is 11.6. The molecular formula is C14H19N3O3. The molecular weight excluding hydrogens is 258 g/mol. The standard InChI is InChI=1S/C14H19N3O3/c1-9-5-10(2)7-11(6-9)14(18)17-3-4-20-12(8-17)13(15)16-19/h5-7,12,19H,3-4,8H2,1-2H3,(H2,15,16). The van der Waals surface area contributed by atoms with Crippen LogP contribution < -0.4 is 5.73 Å². The molecule has 1 aliphatic heterocycles. The number of nitrogens with zero attached hydrogens (tertiary/aromatic N) is 2. The van der Waals surface area contributed by atoms with E-state index in [1.165, 1.54) is 0 Å². The molecule has 0 radical (unpaired) electrons. The van der Waals surface area contributed by atoms with Crippen LogP contribution in [0.3, 0.4) is 0 Å². The lowest BCUT2D eigenvalue weighted by Gasteiger charge is -2.32. The molecule has 1 aliphatic rings. The Morgan fingerprint density at radius 3 is 2.65 bits per heavy atom. The zero-order chi connectivity index (χ0) is 14.7. The Kier molecular flexibility index (Phi) is 4.24. The monoisotopic (exact) mass is 277 g/mol. The van der Waals surface area contributed by atoms with Crippen molar-refractivity contribution in [2.45, 2.75) is 20.0 Å². The second-order valence-electron chi connectivity index (χ2n) is 5.01. The molecule has 3 N–H and O–H groups in total. The number of benzene rings is 1. The van der Waals surface area contributed by atoms with Crippen molar-refractivity contribution in [2.24, 2.45) is 10.9 Å². The second-order valence-corrected chi connectivity index (χ2v) is 5.01. The molecule has 1 saturated heterocycles. The molecule has 0 aromatic heterocycles. The molecule has 0 spiro atoms. The molecule has 108 valence electrons. The third-order valence-electron chi connectivity index (χ3n) is 3.27. The van der Waals surface area contributed by atoms with Crippen LogP contribution >= 0.6 is 0 Å². The highest BCUT2D eigenvalue weighted by Gasteiger charge is 2.27. The summed E-state index contributed by atoms with van der Waals surface area (Å²) in [6.45, 7) is 5.09. The third-order valence-corrected chi connectivity index (χ3v) is 3.27. The Morgan fingerprint density at radius 1 is 1.40 bits per heavy atom. The van der Waals surface area contributed by atoms with Gasteiger partial charge in [-0.2, -0.15) is 0 Å². The molecule has 20 heavy (non-hydrogen) atoms. The fraction of sp³-hybridized carbons (Fsp3) is 0.429. The molecule has 0 aliphatic carbocycles. The number of nitrogens with two attached hydrogens (primary N) is 1. The van der Waals surface area contributed by atoms with Gasteiger partial charge in [0.05, 0.1) is 13.2 Å². The zero-order valence-corrected chi connectivity index (χ0v) is 11.7. The van der Waals surface area contributed by atoms with Crippen LogP contribution in [0.4, 0.5) is 0 Å². The maximum atomic E-state index is 12.5. The van der Waals surface area contributed by atoms with Gasteiger partial charge in [0.2, 0.25) is 0 Å². The number of morpholine rings is 1. The van der Waals surface area contributed by atoms with Gasteiger partial charge in [-0.15, -0.1) is 0 Å². The summed E-state index contributed by atoms with van der Waals surface area (Å²) in [5.41, 5.74) is 8.29. The Morgan fingerprint density at radius 2 is 2.05 bits per heavy atom. The molecule has 6 nitrogen and oxygen atoms in total. The summed E-state index contributed by atoms with van der Waals surface area (Å²) in [7, 11) is 0. The van der Waals surface area contributed by atoms with Crippen LogP contribution in [0.25, 0.3) is 0 Å². The normalized spacial score (nSPS) is 20.0. The van der Waals surface area contributed by atoms with Crippen molar-refractivity contribution in [2.75, 3.05) is 19.7 Å². The Bertz CT molecular complexity index is 522. The smallest absolute Gasteiger partial charge is 0.254 e. The average Bonchev–Trinajstić information content (AvgIpc) is 2.44. The number of hydrogen-bond donors (Lipinski definition) is 2. The van der Waals surface area contributed by atoms with Gasteiger partial charge in [-0.3, -0.25) is 4.79 Å². The topological polar surface area (TPSA) is 88.2 Å². The summed E-state index contributed by atoms with van der Waals surface area (Å²) in [6, 6.07) is 5.75. The van der Waals surface area contributed by atoms with Crippen LogP contribution in [0, 0.1) is 13.8 Å². The van der Waals surface area contributed by atoms with Gasteiger partial charge in [0.15, 0.2) is 5.84 Å². The number of rotatable bonds is 2. The Labute approximate surface area is 117 Å². The van der Waals surface area contributed by atoms with E-state index in [4.69, 9.17) is 15.7 Å². The maximum absolute atomic E-state index is 12.5. The van der Waals surface area contributed by atoms with E-state index in [2.05, 4.69) is 5.16 Å². The van der Waals surface area contributed by atoms with E-state index in [0.29, 0.717) is 25.3 Å². The summed E-state index contributed by atoms with van der Waals surface area (Å²) < 4.78 is 5.38. The van der Waals surface area contributed by atoms with Gasteiger partial charge in [0, 0.05) is 12.1 Å². The Balaban J connectivity index is 2.16. The zero-order valence-electron chi connectivity index (χ0n) is 11.7. The maximum Gasteiger partial charge on any atom is 0.254 e. The number of carbonyl (C=O) groups excluding carboxylic acids is 1. The van der Waals surface area contributed by atoms with Gasteiger partial charge in [-0.25, -0.2) is 0 Å². The van der Waals surface area contributed by atoms with Crippen molar-refractivity contribution in [1.29, 1.82) is 0 Å². The quantitative estimate of drug-likeness (QED) is 0.364. The second kappa shape index (κ2) is 5.92. The first-order chi connectivity index (χ1) is 9.51. The van der Waals surface area contributed by atoms with Crippen LogP contribution in [0.1, 0.15) is 21.5 Å². The number of carbonyl (C=O) groups is 1. The number of ether oxygens (including phenoxy) is 1. The first-order valence-corrected chi connectivity index (χ1v) is 6.48. The first-order valence-electron chi connectivity index (χ1n) is 6.48. The van der Waals surface area contributed by atoms with Crippen LogP contribution in [0.15, 0.2) is 23.4 Å². The number of hydrogen-bond acceptors (Lipinski definition) is 4. The summed E-state index contributed by atoms with van der Waals surface area (Å²) in [5.74, 6) is -0.0706. The molecule has 1 atom stereocenters. The number of aryl methyl sites for hydroxylation is 2. The summed E-state index contributed by atoms with van der Waals surface area (Å²) >= 11 is 0. The molecule has 0 saturated carbocycles. The number of oxime groups is 1. The fourth-order valence-corrected chi connectivity index (χ4v) is 2.36. The van der Waals surface area contributed by atoms with Gasteiger partial charge in [0.1, 0.15) is 6.10 Å². The van der Waals surface area contributed by atoms with Gasteiger partial charge >= 0.3 is 0 Å². The van der Waals surface area contributed by atoms with E-state index in [9.17, 15) is 4.79 Å². The predicted octanol–water partition coefficient (Wildman–Crippen LogP) is 0.891. The highest BCUT2D eigenvalue weighted by Crippen LogP contribution is 2.14. The highest BCUT2D eigenvalue weighted by molar-refractivity contribution is 5.95. The molecule has 0 bridgehead atoms. The number of amidine groups is 1. The van der Waals surface area contributed by atoms with Crippen molar-refractivity contribution >= 4 is 11.7 Å². The molecule has 1 aromatic rings. The van der Waals surface area contributed by atoms with Crippen molar-refractivity contribution in [1.82, 2.24) is 4.90 Å². The largest absolute Gasteiger partial charge is 0.409 e. The van der Waals surface area contributed by atoms with E-state index >= 15 is 0 Å². The fourth-order valence-electron chi connectivity index (χ4n) is 2.36. The van der Waals surface area contributed by atoms with Gasteiger partial charge < -0.3 is 20.6 Å². The highest BCUT2D eigenvalue weighted by atomic mass is 16.5. The molecule has 1 heterocycles.